The Morgan fingerprint density at radius 1 is 0.714 bits per heavy atom. The van der Waals surface area contributed by atoms with E-state index in [-0.39, 0.29) is 38.2 Å². The first-order valence-electron chi connectivity index (χ1n) is 12.8. The second-order valence-corrected chi connectivity index (χ2v) is 17.0. The van der Waals surface area contributed by atoms with Gasteiger partial charge in [0.2, 0.25) is 0 Å². The first kappa shape index (κ1) is 34.3. The van der Waals surface area contributed by atoms with E-state index in [1.807, 2.05) is 7.11 Å². The van der Waals surface area contributed by atoms with Crippen molar-refractivity contribution < 1.29 is 25.2 Å². The third-order valence-electron chi connectivity index (χ3n) is 6.73. The van der Waals surface area contributed by atoms with Crippen LogP contribution in [0.2, 0.25) is 0 Å². The fraction of sp³-hybridized carbons (Fsp3) is 0.594. The zero-order chi connectivity index (χ0) is 25.5. The van der Waals surface area contributed by atoms with E-state index in [2.05, 4.69) is 114 Å². The van der Waals surface area contributed by atoms with Crippen LogP contribution in [0.15, 0.2) is 24.3 Å². The molecule has 2 aromatic rings. The van der Waals surface area contributed by atoms with E-state index in [0.717, 1.165) is 5.75 Å². The number of rotatable bonds is 6. The molecular weight excluding hydrogens is 538 g/mol. The molecule has 35 heavy (non-hydrogen) atoms. The number of ether oxygens (including phenoxy) is 1. The summed E-state index contributed by atoms with van der Waals surface area (Å²) in [6, 6.07) is 9.45. The van der Waals surface area contributed by atoms with Gasteiger partial charge in [-0.3, -0.25) is 0 Å². The fourth-order valence-corrected chi connectivity index (χ4v) is 10.3. The molecule has 0 saturated carbocycles. The van der Waals surface area contributed by atoms with Crippen molar-refractivity contribution in [1.29, 1.82) is 0 Å². The minimum atomic E-state index is -1.03. The minimum Gasteiger partial charge on any atom is -0.493 e. The van der Waals surface area contributed by atoms with Crippen molar-refractivity contribution in [2.45, 2.75) is 118 Å². The SMILES string of the molecule is COc1ccc(C)c(-c2c(C(C)C)cc(C(C)C)cc2C(C)C)c1[PH+](C(C)(C)C)C(C)(C)C.[CH3-].[Pd]. The van der Waals surface area contributed by atoms with Gasteiger partial charge in [-0.2, -0.15) is 0 Å². The first-order valence-corrected chi connectivity index (χ1v) is 14.3. The summed E-state index contributed by atoms with van der Waals surface area (Å²) in [7, 11) is 0.816. The van der Waals surface area contributed by atoms with Gasteiger partial charge in [0, 0.05) is 33.9 Å². The zero-order valence-electron chi connectivity index (χ0n) is 25.3. The molecule has 0 fully saturated rings. The molecular formula is C32H53OPPd. The van der Waals surface area contributed by atoms with Crippen molar-refractivity contribution in [2.24, 2.45) is 0 Å². The average Bonchev–Trinajstić information content (AvgIpc) is 2.65. The monoisotopic (exact) mass is 590 g/mol. The number of aryl methyl sites for hydroxylation is 1. The molecule has 202 valence electrons. The number of methoxy groups -OCH3 is 1. The number of hydrogen-bond acceptors (Lipinski definition) is 1. The molecule has 2 rings (SSSR count). The van der Waals surface area contributed by atoms with Crippen molar-refractivity contribution in [2.75, 3.05) is 7.11 Å². The van der Waals surface area contributed by atoms with Gasteiger partial charge < -0.3 is 12.2 Å². The third kappa shape index (κ3) is 7.44. The maximum atomic E-state index is 6.12. The molecule has 0 spiro atoms. The van der Waals surface area contributed by atoms with E-state index < -0.39 is 7.92 Å². The molecule has 0 N–H and O–H groups in total. The van der Waals surface area contributed by atoms with Crippen molar-refractivity contribution in [1.82, 2.24) is 0 Å². The Balaban J connectivity index is 0.00000578. The summed E-state index contributed by atoms with van der Waals surface area (Å²) in [4.78, 5) is 0. The van der Waals surface area contributed by atoms with Gasteiger partial charge in [-0.25, -0.2) is 0 Å². The molecule has 0 amide bonds. The molecule has 3 heteroatoms. The normalized spacial score (nSPS) is 12.3. The summed E-state index contributed by atoms with van der Waals surface area (Å²) in [5.74, 6) is 2.49. The molecule has 1 nitrogen and oxygen atoms in total. The maximum absolute atomic E-state index is 6.12. The Hall–Kier alpha value is -0.668. The van der Waals surface area contributed by atoms with Crippen LogP contribution in [0.3, 0.4) is 0 Å². The van der Waals surface area contributed by atoms with Crippen LogP contribution in [-0.4, -0.2) is 17.4 Å². The molecule has 0 unspecified atom stereocenters. The second-order valence-electron chi connectivity index (χ2n) is 12.7. The maximum Gasteiger partial charge on any atom is 0.161 e. The largest absolute Gasteiger partial charge is 0.493 e. The molecule has 0 heterocycles. The number of hydrogen-bond donors (Lipinski definition) is 0. The summed E-state index contributed by atoms with van der Waals surface area (Å²) in [6.07, 6.45) is 0. The van der Waals surface area contributed by atoms with Crippen LogP contribution in [-0.2, 0) is 20.4 Å². The van der Waals surface area contributed by atoms with E-state index in [1.165, 1.54) is 38.7 Å². The Morgan fingerprint density at radius 2 is 1.14 bits per heavy atom. The van der Waals surface area contributed by atoms with Gasteiger partial charge >= 0.3 is 0 Å². The predicted octanol–water partition coefficient (Wildman–Crippen LogP) is 9.93. The smallest absolute Gasteiger partial charge is 0.161 e. The summed E-state index contributed by atoms with van der Waals surface area (Å²) in [6.45, 7) is 30.9. The molecule has 2 aromatic carbocycles. The van der Waals surface area contributed by atoms with Crippen LogP contribution in [0, 0.1) is 14.4 Å². The molecule has 0 aliphatic heterocycles. The quantitative estimate of drug-likeness (QED) is 0.185. The third-order valence-corrected chi connectivity index (χ3v) is 10.7. The number of benzene rings is 2. The zero-order valence-corrected chi connectivity index (χ0v) is 27.8. The van der Waals surface area contributed by atoms with Crippen LogP contribution in [0.25, 0.3) is 11.1 Å². The standard InChI is InChI=1S/C31H49OP.CH3.Pd/c1-19(2)23-17-24(20(3)4)28(25(18-23)21(5)6)27-22(7)15-16-26(32-14)29(27)33(30(8,9)10)31(11,12)13;;/h15-21H,1-14H3;1H3;/q;-1;/p+1. The van der Waals surface area contributed by atoms with E-state index in [4.69, 9.17) is 4.74 Å². The molecule has 0 aromatic heterocycles. The minimum absolute atomic E-state index is 0. The molecule has 0 aliphatic carbocycles. The predicted molar refractivity (Wildman–Crippen MR) is 159 cm³/mol. The van der Waals surface area contributed by atoms with Crippen LogP contribution >= 0.6 is 7.92 Å². The van der Waals surface area contributed by atoms with E-state index in [9.17, 15) is 0 Å². The summed E-state index contributed by atoms with van der Waals surface area (Å²) >= 11 is 0. The Bertz CT molecular complexity index is 931. The molecule has 0 aliphatic rings. The Labute approximate surface area is 233 Å². The summed E-state index contributed by atoms with van der Waals surface area (Å²) < 4.78 is 6.12. The van der Waals surface area contributed by atoms with Crippen LogP contribution in [0.5, 0.6) is 5.75 Å². The first-order chi connectivity index (χ1) is 15.0. The van der Waals surface area contributed by atoms with Crippen molar-refractivity contribution in [3.8, 4) is 16.9 Å². The van der Waals surface area contributed by atoms with E-state index >= 15 is 0 Å². The van der Waals surface area contributed by atoms with Crippen molar-refractivity contribution >= 4 is 13.2 Å². The summed E-state index contributed by atoms with van der Waals surface area (Å²) in [5, 5.41) is 1.85. The Kier molecular flexibility index (Phi) is 12.5. The average molecular weight is 591 g/mol. The molecule has 0 radical (unpaired) electrons. The topological polar surface area (TPSA) is 9.23 Å². The van der Waals surface area contributed by atoms with Gasteiger partial charge in [0.05, 0.1) is 17.4 Å². The van der Waals surface area contributed by atoms with E-state index in [1.54, 1.807) is 0 Å². The molecule has 0 saturated heterocycles. The van der Waals surface area contributed by atoms with Crippen LogP contribution in [0.4, 0.5) is 0 Å². The second kappa shape index (κ2) is 12.7. The van der Waals surface area contributed by atoms with Crippen LogP contribution in [0.1, 0.15) is 123 Å². The van der Waals surface area contributed by atoms with Gasteiger partial charge in [-0.1, -0.05) is 59.7 Å². The van der Waals surface area contributed by atoms with Crippen molar-refractivity contribution in [3.05, 3.63) is 53.9 Å². The van der Waals surface area contributed by atoms with Crippen LogP contribution < -0.4 is 10.0 Å². The van der Waals surface area contributed by atoms with Gasteiger partial charge in [-0.15, -0.1) is 0 Å². The van der Waals surface area contributed by atoms with Gasteiger partial charge in [0.15, 0.2) is 5.75 Å². The van der Waals surface area contributed by atoms with E-state index in [0.29, 0.717) is 17.8 Å². The summed E-state index contributed by atoms with van der Waals surface area (Å²) in [5.41, 5.74) is 8.68. The molecule has 0 atom stereocenters. The van der Waals surface area contributed by atoms with Gasteiger partial charge in [0.1, 0.15) is 5.30 Å². The molecule has 0 bridgehead atoms. The van der Waals surface area contributed by atoms with Crippen molar-refractivity contribution in [3.63, 3.8) is 0 Å². The Morgan fingerprint density at radius 3 is 1.46 bits per heavy atom. The van der Waals surface area contributed by atoms with Gasteiger partial charge in [0.25, 0.3) is 0 Å². The fourth-order valence-electron chi connectivity index (χ4n) is 5.55. The van der Waals surface area contributed by atoms with Gasteiger partial charge in [-0.05, 0) is 100 Å².